The van der Waals surface area contributed by atoms with Crippen molar-refractivity contribution in [1.29, 1.82) is 0 Å². The topological polar surface area (TPSA) is 81.4 Å². The first-order valence-electron chi connectivity index (χ1n) is 6.62. The van der Waals surface area contributed by atoms with E-state index in [1.807, 2.05) is 13.8 Å². The summed E-state index contributed by atoms with van der Waals surface area (Å²) in [7, 11) is -3.84. The van der Waals surface area contributed by atoms with Gasteiger partial charge >= 0.3 is 6.61 Å². The second-order valence-corrected chi connectivity index (χ2v) is 7.28. The zero-order valence-electron chi connectivity index (χ0n) is 12.2. The normalized spacial score (nSPS) is 13.6. The monoisotopic (exact) mass is 356 g/mol. The van der Waals surface area contributed by atoms with Gasteiger partial charge in [-0.2, -0.15) is 8.78 Å². The Kier molecular flexibility index (Phi) is 6.98. The Bertz CT molecular complexity index is 597. The van der Waals surface area contributed by atoms with Crippen molar-refractivity contribution in [1.82, 2.24) is 4.72 Å². The van der Waals surface area contributed by atoms with Crippen molar-refractivity contribution >= 4 is 21.6 Å². The molecule has 0 aromatic heterocycles. The summed E-state index contributed by atoms with van der Waals surface area (Å²) in [5.41, 5.74) is 5.56. The van der Waals surface area contributed by atoms with Gasteiger partial charge in [0, 0.05) is 12.6 Å². The van der Waals surface area contributed by atoms with Crippen LogP contribution in [0.4, 0.5) is 8.78 Å². The second kappa shape index (κ2) is 8.05. The summed E-state index contributed by atoms with van der Waals surface area (Å²) in [5.74, 6) is -0.0187. The van der Waals surface area contributed by atoms with Crippen LogP contribution >= 0.6 is 11.6 Å². The van der Waals surface area contributed by atoms with Crippen LogP contribution in [0, 0.1) is 5.92 Å². The molecule has 0 bridgehead atoms. The predicted octanol–water partition coefficient (Wildman–Crippen LogP) is 2.59. The summed E-state index contributed by atoms with van der Waals surface area (Å²) in [4.78, 5) is -0.138. The first-order valence-corrected chi connectivity index (χ1v) is 8.48. The Labute approximate surface area is 133 Å². The molecule has 1 atom stereocenters. The zero-order chi connectivity index (χ0) is 16.9. The molecule has 0 fully saturated rings. The van der Waals surface area contributed by atoms with E-state index in [0.717, 1.165) is 18.2 Å². The van der Waals surface area contributed by atoms with E-state index in [1.165, 1.54) is 0 Å². The lowest BCUT2D eigenvalue weighted by Gasteiger charge is -2.19. The highest BCUT2D eigenvalue weighted by Gasteiger charge is 2.21. The number of ether oxygens (including phenoxy) is 1. The van der Waals surface area contributed by atoms with E-state index in [0.29, 0.717) is 6.42 Å². The van der Waals surface area contributed by atoms with Crippen molar-refractivity contribution in [3.63, 3.8) is 0 Å². The quantitative estimate of drug-likeness (QED) is 0.750. The molecule has 0 saturated carbocycles. The van der Waals surface area contributed by atoms with E-state index >= 15 is 0 Å². The molecule has 0 aliphatic carbocycles. The van der Waals surface area contributed by atoms with E-state index in [9.17, 15) is 17.2 Å². The third-order valence-electron chi connectivity index (χ3n) is 2.79. The molecule has 5 nitrogen and oxygen atoms in total. The summed E-state index contributed by atoms with van der Waals surface area (Å²) < 4.78 is 55.5. The molecule has 0 saturated heterocycles. The van der Waals surface area contributed by atoms with Crippen LogP contribution in [0.2, 0.25) is 5.02 Å². The van der Waals surface area contributed by atoms with Crippen LogP contribution in [0.5, 0.6) is 5.75 Å². The van der Waals surface area contributed by atoms with Crippen LogP contribution in [0.15, 0.2) is 23.1 Å². The number of benzene rings is 1. The van der Waals surface area contributed by atoms with Crippen LogP contribution in [0.3, 0.4) is 0 Å². The molecule has 0 aliphatic heterocycles. The number of alkyl halides is 2. The van der Waals surface area contributed by atoms with E-state index in [2.05, 4.69) is 9.46 Å². The van der Waals surface area contributed by atoms with Crippen molar-refractivity contribution in [2.24, 2.45) is 11.7 Å². The van der Waals surface area contributed by atoms with E-state index in [4.69, 9.17) is 17.3 Å². The fraction of sp³-hybridized carbons (Fsp3) is 0.538. The van der Waals surface area contributed by atoms with Crippen molar-refractivity contribution in [3.8, 4) is 5.75 Å². The SMILES string of the molecule is CC(C)CC(CN)NS(=O)(=O)c1ccc(OC(F)F)c(Cl)c1. The molecule has 1 aromatic rings. The van der Waals surface area contributed by atoms with Gasteiger partial charge in [-0.15, -0.1) is 0 Å². The van der Waals surface area contributed by atoms with Gasteiger partial charge in [0.1, 0.15) is 5.75 Å². The third kappa shape index (κ3) is 5.68. The number of rotatable bonds is 8. The van der Waals surface area contributed by atoms with Gasteiger partial charge < -0.3 is 10.5 Å². The number of nitrogens with two attached hydrogens (primary N) is 1. The maximum atomic E-state index is 12.3. The molecule has 1 rings (SSSR count). The van der Waals surface area contributed by atoms with Crippen molar-refractivity contribution in [2.45, 2.75) is 37.8 Å². The van der Waals surface area contributed by atoms with E-state index < -0.39 is 22.7 Å². The zero-order valence-corrected chi connectivity index (χ0v) is 13.8. The Morgan fingerprint density at radius 3 is 2.45 bits per heavy atom. The average Bonchev–Trinajstić information content (AvgIpc) is 2.38. The van der Waals surface area contributed by atoms with Gasteiger partial charge in [0.25, 0.3) is 0 Å². The van der Waals surface area contributed by atoms with Gasteiger partial charge in [-0.05, 0) is 30.5 Å². The maximum Gasteiger partial charge on any atom is 0.387 e. The molecule has 22 heavy (non-hydrogen) atoms. The number of nitrogens with one attached hydrogen (secondary N) is 1. The minimum absolute atomic E-state index is 0.138. The fourth-order valence-electron chi connectivity index (χ4n) is 1.89. The van der Waals surface area contributed by atoms with Gasteiger partial charge in [-0.3, -0.25) is 0 Å². The van der Waals surface area contributed by atoms with Gasteiger partial charge in [-0.25, -0.2) is 13.1 Å². The summed E-state index contributed by atoms with van der Waals surface area (Å²) in [6.45, 7) is 1.01. The number of hydrogen-bond donors (Lipinski definition) is 2. The molecular weight excluding hydrogens is 338 g/mol. The molecular formula is C13H19ClF2N2O3S. The largest absolute Gasteiger partial charge is 0.433 e. The van der Waals surface area contributed by atoms with Gasteiger partial charge in [0.2, 0.25) is 10.0 Å². The van der Waals surface area contributed by atoms with Crippen LogP contribution < -0.4 is 15.2 Å². The lowest BCUT2D eigenvalue weighted by molar-refractivity contribution is -0.0498. The standard InChI is InChI=1S/C13H19ClF2N2O3S/c1-8(2)5-9(7-17)18-22(19,20)10-3-4-12(11(14)6-10)21-13(15)16/h3-4,6,8-9,13,18H,5,7,17H2,1-2H3. The molecule has 1 aromatic carbocycles. The molecule has 3 N–H and O–H groups in total. The minimum Gasteiger partial charge on any atom is -0.433 e. The van der Waals surface area contributed by atoms with Crippen LogP contribution in [0.1, 0.15) is 20.3 Å². The highest BCUT2D eigenvalue weighted by molar-refractivity contribution is 7.89. The molecule has 0 heterocycles. The average molecular weight is 357 g/mol. The lowest BCUT2D eigenvalue weighted by atomic mass is 10.1. The molecule has 126 valence electrons. The van der Waals surface area contributed by atoms with Crippen LogP contribution in [0.25, 0.3) is 0 Å². The molecule has 0 aliphatic rings. The summed E-state index contributed by atoms with van der Waals surface area (Å²) in [5, 5.41) is -0.212. The summed E-state index contributed by atoms with van der Waals surface area (Å²) in [6.07, 6.45) is 0.579. The maximum absolute atomic E-state index is 12.3. The van der Waals surface area contributed by atoms with Crippen LogP contribution in [-0.4, -0.2) is 27.6 Å². The molecule has 9 heteroatoms. The van der Waals surface area contributed by atoms with E-state index in [-0.39, 0.29) is 28.1 Å². The van der Waals surface area contributed by atoms with E-state index in [1.54, 1.807) is 0 Å². The Morgan fingerprint density at radius 2 is 2.00 bits per heavy atom. The minimum atomic E-state index is -3.84. The number of halogens is 3. The first kappa shape index (κ1) is 19.1. The van der Waals surface area contributed by atoms with Gasteiger partial charge in [-0.1, -0.05) is 25.4 Å². The second-order valence-electron chi connectivity index (χ2n) is 5.15. The summed E-state index contributed by atoms with van der Waals surface area (Å²) >= 11 is 5.76. The molecule has 0 radical (unpaired) electrons. The number of hydrogen-bond acceptors (Lipinski definition) is 4. The lowest BCUT2D eigenvalue weighted by Crippen LogP contribution is -2.40. The molecule has 0 amide bonds. The molecule has 1 unspecified atom stereocenters. The van der Waals surface area contributed by atoms with Crippen molar-refractivity contribution in [3.05, 3.63) is 23.2 Å². The Hall–Kier alpha value is -0.960. The Morgan fingerprint density at radius 1 is 1.36 bits per heavy atom. The van der Waals surface area contributed by atoms with Gasteiger partial charge in [0.05, 0.1) is 9.92 Å². The van der Waals surface area contributed by atoms with Gasteiger partial charge in [0.15, 0.2) is 0 Å². The van der Waals surface area contributed by atoms with Crippen LogP contribution in [-0.2, 0) is 10.0 Å². The number of sulfonamides is 1. The predicted molar refractivity (Wildman–Crippen MR) is 80.7 cm³/mol. The smallest absolute Gasteiger partial charge is 0.387 e. The highest BCUT2D eigenvalue weighted by atomic mass is 35.5. The Balaban J connectivity index is 2.95. The fourth-order valence-corrected chi connectivity index (χ4v) is 3.47. The van der Waals surface area contributed by atoms with Crippen molar-refractivity contribution < 1.29 is 21.9 Å². The summed E-state index contributed by atoms with van der Waals surface area (Å²) in [6, 6.07) is 2.88. The highest BCUT2D eigenvalue weighted by Crippen LogP contribution is 2.28. The van der Waals surface area contributed by atoms with Crippen molar-refractivity contribution in [2.75, 3.05) is 6.54 Å². The molecule has 0 spiro atoms. The first-order chi connectivity index (χ1) is 10.2. The third-order valence-corrected chi connectivity index (χ3v) is 4.61.